The maximum absolute atomic E-state index is 10.9. The minimum absolute atomic E-state index is 0.169. The molecule has 0 bridgehead atoms. The summed E-state index contributed by atoms with van der Waals surface area (Å²) in [4.78, 5) is 32.8. The van der Waals surface area contributed by atoms with Crippen molar-refractivity contribution in [3.05, 3.63) is 4.91 Å². The van der Waals surface area contributed by atoms with Crippen LogP contribution < -0.4 is 5.32 Å². The average molecular weight is 231 g/mol. The highest BCUT2D eigenvalue weighted by Crippen LogP contribution is 1.93. The molecule has 7 heteroatoms. The van der Waals surface area contributed by atoms with Crippen LogP contribution in [0.15, 0.2) is 5.18 Å². The third-order valence-corrected chi connectivity index (χ3v) is 2.02. The SMILES string of the molecule is COC(=O)CCN(CCN=O)CCNC=O. The molecule has 0 aromatic rings. The zero-order chi connectivity index (χ0) is 12.2. The van der Waals surface area contributed by atoms with Crippen molar-refractivity contribution >= 4 is 12.4 Å². The van der Waals surface area contributed by atoms with Crippen LogP contribution in [-0.4, -0.2) is 57.1 Å². The van der Waals surface area contributed by atoms with Crippen LogP contribution in [0.4, 0.5) is 0 Å². The number of ether oxygens (including phenoxy) is 1. The molecule has 0 aliphatic rings. The Kier molecular flexibility index (Phi) is 9.09. The van der Waals surface area contributed by atoms with Gasteiger partial charge >= 0.3 is 5.97 Å². The maximum Gasteiger partial charge on any atom is 0.306 e. The zero-order valence-corrected chi connectivity index (χ0v) is 9.35. The minimum atomic E-state index is -0.299. The molecular weight excluding hydrogens is 214 g/mol. The van der Waals surface area contributed by atoms with E-state index in [4.69, 9.17) is 0 Å². The molecule has 92 valence electrons. The summed E-state index contributed by atoms with van der Waals surface area (Å²) in [6.45, 7) is 2.18. The lowest BCUT2D eigenvalue weighted by Crippen LogP contribution is -2.35. The molecular formula is C9H17N3O4. The van der Waals surface area contributed by atoms with E-state index in [2.05, 4.69) is 15.2 Å². The number of esters is 1. The highest BCUT2D eigenvalue weighted by atomic mass is 16.5. The second-order valence-electron chi connectivity index (χ2n) is 3.09. The number of methoxy groups -OCH3 is 1. The maximum atomic E-state index is 10.9. The van der Waals surface area contributed by atoms with E-state index in [1.54, 1.807) is 0 Å². The quantitative estimate of drug-likeness (QED) is 0.234. The predicted molar refractivity (Wildman–Crippen MR) is 57.8 cm³/mol. The number of nitrogens with one attached hydrogen (secondary N) is 1. The van der Waals surface area contributed by atoms with Crippen LogP contribution in [0.25, 0.3) is 0 Å². The Bertz CT molecular complexity index is 223. The van der Waals surface area contributed by atoms with Gasteiger partial charge in [-0.05, 0) is 0 Å². The molecule has 0 aliphatic carbocycles. The lowest BCUT2D eigenvalue weighted by atomic mass is 10.3. The zero-order valence-electron chi connectivity index (χ0n) is 9.35. The van der Waals surface area contributed by atoms with Gasteiger partial charge in [-0.15, -0.1) is 0 Å². The van der Waals surface area contributed by atoms with Gasteiger partial charge in [0.15, 0.2) is 0 Å². The summed E-state index contributed by atoms with van der Waals surface area (Å²) in [5.41, 5.74) is 0. The second-order valence-corrected chi connectivity index (χ2v) is 3.09. The summed E-state index contributed by atoms with van der Waals surface area (Å²) in [7, 11) is 1.33. The minimum Gasteiger partial charge on any atom is -0.469 e. The van der Waals surface area contributed by atoms with E-state index in [9.17, 15) is 14.5 Å². The molecule has 1 amide bonds. The van der Waals surface area contributed by atoms with Crippen molar-refractivity contribution in [3.8, 4) is 0 Å². The first-order valence-electron chi connectivity index (χ1n) is 5.00. The van der Waals surface area contributed by atoms with E-state index >= 15 is 0 Å². The second kappa shape index (κ2) is 10.0. The summed E-state index contributed by atoms with van der Waals surface area (Å²) < 4.78 is 4.51. The van der Waals surface area contributed by atoms with Crippen LogP contribution in [0.5, 0.6) is 0 Å². The number of nitroso groups, excluding NO2 is 1. The van der Waals surface area contributed by atoms with Gasteiger partial charge in [0.25, 0.3) is 0 Å². The van der Waals surface area contributed by atoms with E-state index in [0.717, 1.165) is 0 Å². The topological polar surface area (TPSA) is 88.1 Å². The van der Waals surface area contributed by atoms with Gasteiger partial charge in [-0.3, -0.25) is 14.5 Å². The van der Waals surface area contributed by atoms with Crippen LogP contribution in [0, 0.1) is 4.91 Å². The molecule has 0 fully saturated rings. The summed E-state index contributed by atoms with van der Waals surface area (Å²) in [5.74, 6) is -0.299. The van der Waals surface area contributed by atoms with Crippen LogP contribution in [0.1, 0.15) is 6.42 Å². The molecule has 0 unspecified atom stereocenters. The summed E-state index contributed by atoms with van der Waals surface area (Å²) in [5, 5.41) is 5.26. The number of rotatable bonds is 10. The molecule has 0 spiro atoms. The van der Waals surface area contributed by atoms with Crippen LogP contribution in [0.3, 0.4) is 0 Å². The summed E-state index contributed by atoms with van der Waals surface area (Å²) >= 11 is 0. The Morgan fingerprint density at radius 2 is 2.19 bits per heavy atom. The summed E-state index contributed by atoms with van der Waals surface area (Å²) in [6, 6.07) is 0. The van der Waals surface area contributed by atoms with Gasteiger partial charge in [-0.2, -0.15) is 4.91 Å². The van der Waals surface area contributed by atoms with E-state index in [0.29, 0.717) is 32.6 Å². The van der Waals surface area contributed by atoms with Crippen molar-refractivity contribution in [1.82, 2.24) is 10.2 Å². The van der Waals surface area contributed by atoms with Gasteiger partial charge in [0.2, 0.25) is 6.41 Å². The largest absolute Gasteiger partial charge is 0.469 e. The standard InChI is InChI=1S/C9H17N3O4/c1-16-9(14)2-5-12(7-4-11-15)6-3-10-8-13/h8H,2-7H2,1H3,(H,10,13). The van der Waals surface area contributed by atoms with E-state index in [-0.39, 0.29) is 18.9 Å². The lowest BCUT2D eigenvalue weighted by molar-refractivity contribution is -0.141. The van der Waals surface area contributed by atoms with Crippen molar-refractivity contribution in [1.29, 1.82) is 0 Å². The van der Waals surface area contributed by atoms with Crippen LogP contribution in [0.2, 0.25) is 0 Å². The fourth-order valence-electron chi connectivity index (χ4n) is 1.15. The number of hydrogen-bond donors (Lipinski definition) is 1. The highest BCUT2D eigenvalue weighted by Gasteiger charge is 2.07. The van der Waals surface area contributed by atoms with Gasteiger partial charge in [-0.25, -0.2) is 0 Å². The van der Waals surface area contributed by atoms with Crippen LogP contribution in [-0.2, 0) is 14.3 Å². The molecule has 0 saturated heterocycles. The average Bonchev–Trinajstić information content (AvgIpc) is 2.31. The van der Waals surface area contributed by atoms with E-state index < -0.39 is 0 Å². The van der Waals surface area contributed by atoms with Gasteiger partial charge in [-0.1, -0.05) is 5.18 Å². The third-order valence-electron chi connectivity index (χ3n) is 2.02. The molecule has 16 heavy (non-hydrogen) atoms. The Labute approximate surface area is 94.1 Å². The van der Waals surface area contributed by atoms with Crippen molar-refractivity contribution in [3.63, 3.8) is 0 Å². The van der Waals surface area contributed by atoms with E-state index in [1.165, 1.54) is 7.11 Å². The Morgan fingerprint density at radius 3 is 2.75 bits per heavy atom. The highest BCUT2D eigenvalue weighted by molar-refractivity contribution is 5.69. The first-order chi connectivity index (χ1) is 7.74. The number of carbonyl (C=O) groups is 2. The molecule has 0 aromatic heterocycles. The molecule has 0 aliphatic heterocycles. The number of nitrogens with zero attached hydrogens (tertiary/aromatic N) is 2. The Balaban J connectivity index is 3.83. The van der Waals surface area contributed by atoms with Crippen molar-refractivity contribution in [2.75, 3.05) is 39.8 Å². The molecule has 0 saturated carbocycles. The predicted octanol–water partition coefficient (Wildman–Crippen LogP) is -0.636. The van der Waals surface area contributed by atoms with Gasteiger partial charge in [0, 0.05) is 26.2 Å². The van der Waals surface area contributed by atoms with Crippen molar-refractivity contribution in [2.45, 2.75) is 6.42 Å². The van der Waals surface area contributed by atoms with Gasteiger partial charge in [0.1, 0.15) is 0 Å². The molecule has 0 rings (SSSR count). The van der Waals surface area contributed by atoms with Crippen molar-refractivity contribution in [2.24, 2.45) is 5.18 Å². The fourth-order valence-corrected chi connectivity index (χ4v) is 1.15. The third kappa shape index (κ3) is 7.86. The van der Waals surface area contributed by atoms with Crippen molar-refractivity contribution < 1.29 is 14.3 Å². The van der Waals surface area contributed by atoms with E-state index in [1.807, 2.05) is 4.90 Å². The molecule has 0 atom stereocenters. The first-order valence-corrected chi connectivity index (χ1v) is 5.00. The first kappa shape index (κ1) is 14.5. The number of amides is 1. The van der Waals surface area contributed by atoms with Crippen LogP contribution >= 0.6 is 0 Å². The monoisotopic (exact) mass is 231 g/mol. The fraction of sp³-hybridized carbons (Fsp3) is 0.778. The van der Waals surface area contributed by atoms with Gasteiger partial charge < -0.3 is 10.1 Å². The number of carbonyl (C=O) groups excluding carboxylic acids is 2. The smallest absolute Gasteiger partial charge is 0.306 e. The molecule has 7 nitrogen and oxygen atoms in total. The summed E-state index contributed by atoms with van der Waals surface area (Å²) in [6.07, 6.45) is 0.868. The molecule has 1 N–H and O–H groups in total. The molecule has 0 heterocycles. The Morgan fingerprint density at radius 1 is 1.44 bits per heavy atom. The molecule has 0 aromatic carbocycles. The van der Waals surface area contributed by atoms with Gasteiger partial charge in [0.05, 0.1) is 20.1 Å². The molecule has 0 radical (unpaired) electrons. The lowest BCUT2D eigenvalue weighted by Gasteiger charge is -2.19. The Hall–Kier alpha value is -1.50. The number of hydrogen-bond acceptors (Lipinski definition) is 6. The normalized spacial score (nSPS) is 9.88.